The summed E-state index contributed by atoms with van der Waals surface area (Å²) < 4.78 is 1.92. The van der Waals surface area contributed by atoms with Crippen LogP contribution >= 0.6 is 0 Å². The first-order valence-corrected chi connectivity index (χ1v) is 6.79. The Hall–Kier alpha value is -1.90. The van der Waals surface area contributed by atoms with Gasteiger partial charge < -0.3 is 4.57 Å². The Morgan fingerprint density at radius 1 is 1.26 bits per heavy atom. The molecule has 3 heteroatoms. The van der Waals surface area contributed by atoms with Crippen LogP contribution in [0.4, 0.5) is 0 Å². The summed E-state index contributed by atoms with van der Waals surface area (Å²) in [6, 6.07) is 7.82. The summed E-state index contributed by atoms with van der Waals surface area (Å²) in [6.07, 6.45) is 4.54. The predicted molar refractivity (Wildman–Crippen MR) is 76.5 cm³/mol. The van der Waals surface area contributed by atoms with E-state index in [2.05, 4.69) is 25.8 Å². The highest BCUT2D eigenvalue weighted by atomic mass is 16.1. The van der Waals surface area contributed by atoms with Crippen LogP contribution in [0, 0.1) is 0 Å². The lowest BCUT2D eigenvalue weighted by Gasteiger charge is -2.07. The summed E-state index contributed by atoms with van der Waals surface area (Å²) in [6.45, 7) is 7.20. The number of hydrogen-bond acceptors (Lipinski definition) is 2. The molecule has 0 amide bonds. The number of benzene rings is 1. The van der Waals surface area contributed by atoms with Crippen molar-refractivity contribution in [2.45, 2.75) is 39.7 Å². The van der Waals surface area contributed by atoms with Gasteiger partial charge in [-0.25, -0.2) is 4.98 Å². The third kappa shape index (κ3) is 2.92. The van der Waals surface area contributed by atoms with Gasteiger partial charge in [-0.05, 0) is 17.9 Å². The fraction of sp³-hybridized carbons (Fsp3) is 0.375. The highest BCUT2D eigenvalue weighted by Gasteiger charge is 2.14. The minimum atomic E-state index is -0.00578. The van der Waals surface area contributed by atoms with Gasteiger partial charge in [0.05, 0.1) is 0 Å². The Balaban J connectivity index is 2.26. The van der Waals surface area contributed by atoms with Crippen LogP contribution in [0.5, 0.6) is 0 Å². The van der Waals surface area contributed by atoms with Crippen molar-refractivity contribution < 1.29 is 4.79 Å². The first-order chi connectivity index (χ1) is 9.13. The molecule has 19 heavy (non-hydrogen) atoms. The molecule has 0 atom stereocenters. The standard InChI is InChI=1S/C16H20N2O/c1-4-10-18-11-9-17-16(18)15(19)14-7-5-13(6-8-14)12(2)3/h5-9,11-12H,4,10H2,1-3H3. The maximum absolute atomic E-state index is 12.4. The van der Waals surface area contributed by atoms with E-state index < -0.39 is 0 Å². The van der Waals surface area contributed by atoms with Gasteiger partial charge >= 0.3 is 0 Å². The number of nitrogens with zero attached hydrogens (tertiary/aromatic N) is 2. The average molecular weight is 256 g/mol. The SMILES string of the molecule is CCCn1ccnc1C(=O)c1ccc(C(C)C)cc1. The Labute approximate surface area is 114 Å². The van der Waals surface area contributed by atoms with E-state index in [1.807, 2.05) is 35.0 Å². The molecule has 1 aromatic heterocycles. The third-order valence-electron chi connectivity index (χ3n) is 3.22. The first-order valence-electron chi connectivity index (χ1n) is 6.79. The van der Waals surface area contributed by atoms with Crippen molar-refractivity contribution in [3.8, 4) is 0 Å². The fourth-order valence-electron chi connectivity index (χ4n) is 2.09. The topological polar surface area (TPSA) is 34.9 Å². The zero-order valence-electron chi connectivity index (χ0n) is 11.8. The molecular formula is C16H20N2O. The predicted octanol–water partition coefficient (Wildman–Crippen LogP) is 3.65. The number of ketones is 1. The van der Waals surface area contributed by atoms with Crippen LogP contribution < -0.4 is 0 Å². The van der Waals surface area contributed by atoms with Gasteiger partial charge in [0.1, 0.15) is 0 Å². The molecule has 0 bridgehead atoms. The number of aryl methyl sites for hydroxylation is 1. The van der Waals surface area contributed by atoms with Crippen molar-refractivity contribution in [2.75, 3.05) is 0 Å². The van der Waals surface area contributed by atoms with E-state index in [4.69, 9.17) is 0 Å². The molecular weight excluding hydrogens is 236 g/mol. The lowest BCUT2D eigenvalue weighted by molar-refractivity contribution is 0.102. The van der Waals surface area contributed by atoms with Gasteiger partial charge in [0.15, 0.2) is 5.82 Å². The maximum atomic E-state index is 12.4. The second-order valence-electron chi connectivity index (χ2n) is 5.05. The molecule has 0 aliphatic heterocycles. The monoisotopic (exact) mass is 256 g/mol. The van der Waals surface area contributed by atoms with E-state index in [-0.39, 0.29) is 5.78 Å². The smallest absolute Gasteiger partial charge is 0.228 e. The number of rotatable bonds is 5. The summed E-state index contributed by atoms with van der Waals surface area (Å²) >= 11 is 0. The Bertz CT molecular complexity index is 552. The van der Waals surface area contributed by atoms with Gasteiger partial charge in [0.2, 0.25) is 5.78 Å². The minimum Gasteiger partial charge on any atom is -0.328 e. The maximum Gasteiger partial charge on any atom is 0.228 e. The van der Waals surface area contributed by atoms with Crippen molar-refractivity contribution in [3.05, 3.63) is 53.6 Å². The molecule has 0 fully saturated rings. The summed E-state index contributed by atoms with van der Waals surface area (Å²) in [5, 5.41) is 0. The molecule has 0 spiro atoms. The van der Waals surface area contributed by atoms with Gasteiger partial charge in [-0.2, -0.15) is 0 Å². The van der Waals surface area contributed by atoms with Crippen molar-refractivity contribution >= 4 is 5.78 Å². The van der Waals surface area contributed by atoms with Gasteiger partial charge in [-0.1, -0.05) is 45.0 Å². The summed E-state index contributed by atoms with van der Waals surface area (Å²) in [5.74, 6) is 0.999. The third-order valence-corrected chi connectivity index (χ3v) is 3.22. The molecule has 100 valence electrons. The number of hydrogen-bond donors (Lipinski definition) is 0. The van der Waals surface area contributed by atoms with Crippen LogP contribution in [-0.4, -0.2) is 15.3 Å². The average Bonchev–Trinajstić information content (AvgIpc) is 2.87. The normalized spacial score (nSPS) is 10.9. The van der Waals surface area contributed by atoms with Crippen molar-refractivity contribution in [1.82, 2.24) is 9.55 Å². The van der Waals surface area contributed by atoms with Gasteiger partial charge in [0, 0.05) is 24.5 Å². The van der Waals surface area contributed by atoms with Crippen LogP contribution in [-0.2, 0) is 6.54 Å². The number of aromatic nitrogens is 2. The molecule has 0 radical (unpaired) electrons. The molecule has 1 heterocycles. The van der Waals surface area contributed by atoms with E-state index >= 15 is 0 Å². The van der Waals surface area contributed by atoms with Crippen molar-refractivity contribution in [1.29, 1.82) is 0 Å². The molecule has 3 nitrogen and oxygen atoms in total. The molecule has 2 rings (SSSR count). The lowest BCUT2D eigenvalue weighted by Crippen LogP contribution is -2.11. The molecule has 0 N–H and O–H groups in total. The summed E-state index contributed by atoms with van der Waals surface area (Å²) in [5.41, 5.74) is 1.95. The van der Waals surface area contributed by atoms with E-state index in [0.717, 1.165) is 13.0 Å². The van der Waals surface area contributed by atoms with Crippen LogP contribution in [0.1, 0.15) is 54.9 Å². The van der Waals surface area contributed by atoms with Crippen LogP contribution in [0.3, 0.4) is 0 Å². The lowest BCUT2D eigenvalue weighted by atomic mass is 10.0. The molecule has 0 aliphatic rings. The van der Waals surface area contributed by atoms with Crippen molar-refractivity contribution in [3.63, 3.8) is 0 Å². The summed E-state index contributed by atoms with van der Waals surface area (Å²) in [4.78, 5) is 16.6. The Kier molecular flexibility index (Phi) is 4.15. The molecule has 0 aliphatic carbocycles. The molecule has 0 saturated carbocycles. The van der Waals surface area contributed by atoms with Crippen LogP contribution in [0.25, 0.3) is 0 Å². The Morgan fingerprint density at radius 3 is 2.53 bits per heavy atom. The minimum absolute atomic E-state index is 0.00578. The highest BCUT2D eigenvalue weighted by Crippen LogP contribution is 2.16. The fourth-order valence-corrected chi connectivity index (χ4v) is 2.09. The second-order valence-corrected chi connectivity index (χ2v) is 5.05. The molecule has 0 unspecified atom stereocenters. The van der Waals surface area contributed by atoms with E-state index in [9.17, 15) is 4.79 Å². The molecule has 0 saturated heterocycles. The first kappa shape index (κ1) is 13.5. The second kappa shape index (κ2) is 5.83. The van der Waals surface area contributed by atoms with E-state index in [1.165, 1.54) is 5.56 Å². The van der Waals surface area contributed by atoms with Crippen LogP contribution in [0.15, 0.2) is 36.7 Å². The highest BCUT2D eigenvalue weighted by molar-refractivity contribution is 6.06. The van der Waals surface area contributed by atoms with E-state index in [0.29, 0.717) is 17.3 Å². The van der Waals surface area contributed by atoms with Gasteiger partial charge in [0.25, 0.3) is 0 Å². The van der Waals surface area contributed by atoms with Gasteiger partial charge in [-0.3, -0.25) is 4.79 Å². The summed E-state index contributed by atoms with van der Waals surface area (Å²) in [7, 11) is 0. The molecule has 1 aromatic carbocycles. The zero-order chi connectivity index (χ0) is 13.8. The van der Waals surface area contributed by atoms with E-state index in [1.54, 1.807) is 6.20 Å². The Morgan fingerprint density at radius 2 is 1.95 bits per heavy atom. The van der Waals surface area contributed by atoms with Crippen molar-refractivity contribution in [2.24, 2.45) is 0 Å². The largest absolute Gasteiger partial charge is 0.328 e. The number of carbonyl (C=O) groups excluding carboxylic acids is 1. The van der Waals surface area contributed by atoms with Gasteiger partial charge in [-0.15, -0.1) is 0 Å². The number of carbonyl (C=O) groups is 1. The van der Waals surface area contributed by atoms with Crippen LogP contribution in [0.2, 0.25) is 0 Å². The quantitative estimate of drug-likeness (QED) is 0.765. The number of imidazole rings is 1. The zero-order valence-corrected chi connectivity index (χ0v) is 11.8. The molecule has 2 aromatic rings.